The van der Waals surface area contributed by atoms with Crippen molar-refractivity contribution in [3.05, 3.63) is 83.9 Å². The zero-order chi connectivity index (χ0) is 20.0. The second-order valence-corrected chi connectivity index (χ2v) is 8.54. The highest BCUT2D eigenvalue weighted by Gasteiger charge is 2.16. The zero-order valence-electron chi connectivity index (χ0n) is 15.7. The summed E-state index contributed by atoms with van der Waals surface area (Å²) in [7, 11) is -3.45. The van der Waals surface area contributed by atoms with Crippen LogP contribution in [0.1, 0.15) is 28.2 Å². The number of rotatable bonds is 8. The van der Waals surface area contributed by atoms with E-state index in [4.69, 9.17) is 0 Å². The molecule has 3 rings (SSSR count). The van der Waals surface area contributed by atoms with Crippen molar-refractivity contribution in [3.8, 4) is 0 Å². The van der Waals surface area contributed by atoms with Crippen LogP contribution in [0.15, 0.2) is 71.9 Å². The highest BCUT2D eigenvalue weighted by Crippen LogP contribution is 2.17. The lowest BCUT2D eigenvalue weighted by molar-refractivity contribution is 0.0952. The van der Waals surface area contributed by atoms with Crippen molar-refractivity contribution in [2.24, 2.45) is 0 Å². The molecule has 1 N–H and O–H groups in total. The SMILES string of the molecule is Cc1nccn1CCCNC(=O)c1cccc(CS(=O)(=O)c2ccccc2)c1. The molecule has 146 valence electrons. The first-order valence-electron chi connectivity index (χ1n) is 9.08. The maximum Gasteiger partial charge on any atom is 0.251 e. The lowest BCUT2D eigenvalue weighted by Crippen LogP contribution is -2.25. The molecular formula is C21H23N3O3S. The number of carbonyl (C=O) groups is 1. The van der Waals surface area contributed by atoms with Crippen LogP contribution < -0.4 is 5.32 Å². The molecule has 6 nitrogen and oxygen atoms in total. The standard InChI is InChI=1S/C21H23N3O3S/c1-17-22-12-14-24(17)13-6-11-23-21(25)19-8-5-7-18(15-19)16-28(26,27)20-9-3-2-4-10-20/h2-5,7-10,12,14-15H,6,11,13,16H2,1H3,(H,23,25). The molecule has 0 spiro atoms. The van der Waals surface area contributed by atoms with E-state index in [0.29, 0.717) is 17.7 Å². The molecule has 0 fully saturated rings. The lowest BCUT2D eigenvalue weighted by Gasteiger charge is -2.09. The normalized spacial score (nSPS) is 11.3. The summed E-state index contributed by atoms with van der Waals surface area (Å²) in [6, 6.07) is 15.1. The Bertz CT molecular complexity index is 1040. The monoisotopic (exact) mass is 397 g/mol. The Kier molecular flexibility index (Phi) is 6.26. The molecule has 1 amide bonds. The summed E-state index contributed by atoms with van der Waals surface area (Å²) in [5.41, 5.74) is 1.05. The minimum Gasteiger partial charge on any atom is -0.352 e. The number of hydrogen-bond donors (Lipinski definition) is 1. The Hall–Kier alpha value is -2.93. The van der Waals surface area contributed by atoms with Gasteiger partial charge in [0.2, 0.25) is 0 Å². The Morgan fingerprint density at radius 3 is 2.61 bits per heavy atom. The highest BCUT2D eigenvalue weighted by molar-refractivity contribution is 7.90. The van der Waals surface area contributed by atoms with Crippen LogP contribution in [0.3, 0.4) is 0 Å². The van der Waals surface area contributed by atoms with Crippen LogP contribution >= 0.6 is 0 Å². The minimum atomic E-state index is -3.45. The molecule has 0 saturated heterocycles. The van der Waals surface area contributed by atoms with Gasteiger partial charge >= 0.3 is 0 Å². The van der Waals surface area contributed by atoms with Crippen molar-refractivity contribution in [3.63, 3.8) is 0 Å². The van der Waals surface area contributed by atoms with Gasteiger partial charge in [-0.2, -0.15) is 0 Å². The Morgan fingerprint density at radius 2 is 1.89 bits per heavy atom. The number of aromatic nitrogens is 2. The summed E-state index contributed by atoms with van der Waals surface area (Å²) in [6.45, 7) is 3.25. The third-order valence-electron chi connectivity index (χ3n) is 4.43. The predicted molar refractivity (Wildman–Crippen MR) is 108 cm³/mol. The number of nitrogens with zero attached hydrogens (tertiary/aromatic N) is 2. The fourth-order valence-corrected chi connectivity index (χ4v) is 4.28. The predicted octanol–water partition coefficient (Wildman–Crippen LogP) is 2.99. The quantitative estimate of drug-likeness (QED) is 0.593. The molecule has 0 aliphatic heterocycles. The van der Waals surface area contributed by atoms with E-state index in [0.717, 1.165) is 18.8 Å². The summed E-state index contributed by atoms with van der Waals surface area (Å²) in [6.07, 6.45) is 4.45. The summed E-state index contributed by atoms with van der Waals surface area (Å²) in [4.78, 5) is 16.8. The van der Waals surface area contributed by atoms with Gasteiger partial charge in [-0.25, -0.2) is 13.4 Å². The topological polar surface area (TPSA) is 81.1 Å². The summed E-state index contributed by atoms with van der Waals surface area (Å²) in [5.74, 6) is 0.595. The summed E-state index contributed by atoms with van der Waals surface area (Å²) < 4.78 is 27.1. The Labute approximate surface area is 165 Å². The number of benzene rings is 2. The van der Waals surface area contributed by atoms with Gasteiger partial charge in [0.25, 0.3) is 5.91 Å². The van der Waals surface area contributed by atoms with Crippen LogP contribution in [0, 0.1) is 6.92 Å². The second kappa shape index (κ2) is 8.84. The van der Waals surface area contributed by atoms with E-state index in [1.165, 1.54) is 0 Å². The highest BCUT2D eigenvalue weighted by atomic mass is 32.2. The number of imidazole rings is 1. The van der Waals surface area contributed by atoms with Crippen LogP contribution in [0.5, 0.6) is 0 Å². The number of amides is 1. The van der Waals surface area contributed by atoms with E-state index >= 15 is 0 Å². The molecule has 28 heavy (non-hydrogen) atoms. The third kappa shape index (κ3) is 5.07. The number of carbonyl (C=O) groups excluding carboxylic acids is 1. The molecule has 0 radical (unpaired) electrons. The fraction of sp³-hybridized carbons (Fsp3) is 0.238. The van der Waals surface area contributed by atoms with E-state index in [9.17, 15) is 13.2 Å². The van der Waals surface area contributed by atoms with Crippen molar-refractivity contribution in [2.75, 3.05) is 6.54 Å². The van der Waals surface area contributed by atoms with E-state index in [1.807, 2.05) is 17.7 Å². The minimum absolute atomic E-state index is 0.141. The van der Waals surface area contributed by atoms with Gasteiger partial charge in [-0.05, 0) is 43.2 Å². The Balaban J connectivity index is 1.58. The molecule has 0 bridgehead atoms. The number of aryl methyl sites for hydroxylation is 2. The van der Waals surface area contributed by atoms with Gasteiger partial charge in [-0.1, -0.05) is 30.3 Å². The molecule has 0 aliphatic rings. The average Bonchev–Trinajstić information content (AvgIpc) is 3.10. The van der Waals surface area contributed by atoms with Crippen LogP contribution in [0.25, 0.3) is 0 Å². The van der Waals surface area contributed by atoms with Gasteiger partial charge in [0.05, 0.1) is 10.6 Å². The fourth-order valence-electron chi connectivity index (χ4n) is 2.93. The molecule has 0 aliphatic carbocycles. The summed E-state index contributed by atoms with van der Waals surface area (Å²) >= 11 is 0. The maximum absolute atomic E-state index is 12.5. The first-order chi connectivity index (χ1) is 13.5. The molecule has 0 unspecified atom stereocenters. The number of hydrogen-bond acceptors (Lipinski definition) is 4. The van der Waals surface area contributed by atoms with Gasteiger partial charge in [-0.15, -0.1) is 0 Å². The van der Waals surface area contributed by atoms with Gasteiger partial charge in [0.1, 0.15) is 5.82 Å². The van der Waals surface area contributed by atoms with E-state index in [1.54, 1.807) is 60.8 Å². The van der Waals surface area contributed by atoms with Crippen molar-refractivity contribution in [2.45, 2.75) is 30.5 Å². The molecule has 7 heteroatoms. The molecule has 2 aromatic carbocycles. The van der Waals surface area contributed by atoms with Crippen molar-refractivity contribution in [1.29, 1.82) is 0 Å². The van der Waals surface area contributed by atoms with Crippen LogP contribution in [-0.4, -0.2) is 30.4 Å². The van der Waals surface area contributed by atoms with Crippen molar-refractivity contribution < 1.29 is 13.2 Å². The summed E-state index contributed by atoms with van der Waals surface area (Å²) in [5, 5.41) is 2.88. The van der Waals surface area contributed by atoms with Crippen molar-refractivity contribution in [1.82, 2.24) is 14.9 Å². The molecule has 1 heterocycles. The van der Waals surface area contributed by atoms with E-state index < -0.39 is 9.84 Å². The zero-order valence-corrected chi connectivity index (χ0v) is 16.5. The van der Waals surface area contributed by atoms with Gasteiger partial charge in [-0.3, -0.25) is 4.79 Å². The molecular weight excluding hydrogens is 374 g/mol. The smallest absolute Gasteiger partial charge is 0.251 e. The Morgan fingerprint density at radius 1 is 1.11 bits per heavy atom. The average molecular weight is 398 g/mol. The van der Waals surface area contributed by atoms with Gasteiger partial charge < -0.3 is 9.88 Å². The second-order valence-electron chi connectivity index (χ2n) is 6.55. The lowest BCUT2D eigenvalue weighted by atomic mass is 10.1. The van der Waals surface area contributed by atoms with Gasteiger partial charge in [0, 0.05) is 31.0 Å². The molecule has 1 aromatic heterocycles. The number of nitrogens with one attached hydrogen (secondary N) is 1. The van der Waals surface area contributed by atoms with Crippen molar-refractivity contribution >= 4 is 15.7 Å². The first-order valence-corrected chi connectivity index (χ1v) is 10.7. The molecule has 3 aromatic rings. The largest absolute Gasteiger partial charge is 0.352 e. The van der Waals surface area contributed by atoms with E-state index in [-0.39, 0.29) is 16.6 Å². The van der Waals surface area contributed by atoms with Crippen LogP contribution in [-0.2, 0) is 22.1 Å². The first kappa shape index (κ1) is 19.8. The molecule has 0 saturated carbocycles. The van der Waals surface area contributed by atoms with Gasteiger partial charge in [0.15, 0.2) is 9.84 Å². The van der Waals surface area contributed by atoms with E-state index in [2.05, 4.69) is 10.3 Å². The third-order valence-corrected chi connectivity index (χ3v) is 6.14. The van der Waals surface area contributed by atoms with Crippen LogP contribution in [0.4, 0.5) is 0 Å². The van der Waals surface area contributed by atoms with Crippen LogP contribution in [0.2, 0.25) is 0 Å². The maximum atomic E-state index is 12.5. The number of sulfone groups is 1. The molecule has 0 atom stereocenters.